The fourth-order valence-corrected chi connectivity index (χ4v) is 3.60. The summed E-state index contributed by atoms with van der Waals surface area (Å²) in [5.41, 5.74) is 2.21. The van der Waals surface area contributed by atoms with Crippen LogP contribution in [0.5, 0.6) is 11.5 Å². The van der Waals surface area contributed by atoms with Crippen LogP contribution in [-0.4, -0.2) is 48.4 Å². The zero-order chi connectivity index (χ0) is 21.8. The van der Waals surface area contributed by atoms with Crippen LogP contribution in [0, 0.1) is 0 Å². The molecule has 2 amide bonds. The number of nitrogens with one attached hydrogen (secondary N) is 2. The highest BCUT2D eigenvalue weighted by molar-refractivity contribution is 6.02. The summed E-state index contributed by atoms with van der Waals surface area (Å²) in [7, 11) is 3.13. The Morgan fingerprint density at radius 1 is 1.16 bits per heavy atom. The van der Waals surface area contributed by atoms with Crippen molar-refractivity contribution >= 4 is 11.8 Å². The van der Waals surface area contributed by atoms with Crippen molar-refractivity contribution < 1.29 is 19.1 Å². The molecule has 4 rings (SSSR count). The third kappa shape index (κ3) is 4.23. The van der Waals surface area contributed by atoms with Crippen LogP contribution in [0.4, 0.5) is 0 Å². The van der Waals surface area contributed by atoms with Crippen LogP contribution in [0.3, 0.4) is 0 Å². The second-order valence-corrected chi connectivity index (χ2v) is 7.20. The summed E-state index contributed by atoms with van der Waals surface area (Å²) in [6, 6.07) is 14.3. The fraction of sp³-hybridized carbons (Fsp3) is 0.261. The van der Waals surface area contributed by atoms with Gasteiger partial charge in [-0.2, -0.15) is 5.10 Å². The first-order valence-corrected chi connectivity index (χ1v) is 10.1. The molecule has 1 fully saturated rings. The first-order valence-electron chi connectivity index (χ1n) is 10.1. The molecule has 1 saturated heterocycles. The Balaban J connectivity index is 1.79. The van der Waals surface area contributed by atoms with Crippen LogP contribution in [0.1, 0.15) is 23.2 Å². The predicted octanol–water partition coefficient (Wildman–Crippen LogP) is 2.56. The second-order valence-electron chi connectivity index (χ2n) is 7.20. The van der Waals surface area contributed by atoms with Gasteiger partial charge in [0.1, 0.15) is 23.2 Å². The lowest BCUT2D eigenvalue weighted by molar-refractivity contribution is -0.124. The monoisotopic (exact) mass is 420 g/mol. The molecule has 2 heterocycles. The Bertz CT molecular complexity index is 1090. The Kier molecular flexibility index (Phi) is 5.88. The van der Waals surface area contributed by atoms with E-state index in [0.717, 1.165) is 12.1 Å². The third-order valence-electron chi connectivity index (χ3n) is 5.23. The maximum atomic E-state index is 13.2. The number of hydrogen-bond donors (Lipinski definition) is 2. The van der Waals surface area contributed by atoms with Crippen LogP contribution < -0.4 is 20.1 Å². The van der Waals surface area contributed by atoms with Gasteiger partial charge in [-0.25, -0.2) is 4.68 Å². The number of carbonyl (C=O) groups is 2. The van der Waals surface area contributed by atoms with Gasteiger partial charge < -0.3 is 20.1 Å². The number of para-hydroxylation sites is 1. The Morgan fingerprint density at radius 3 is 2.68 bits per heavy atom. The maximum Gasteiger partial charge on any atom is 0.255 e. The first kappa shape index (κ1) is 20.5. The van der Waals surface area contributed by atoms with Crippen molar-refractivity contribution in [1.29, 1.82) is 0 Å². The van der Waals surface area contributed by atoms with Crippen molar-refractivity contribution in [3.05, 3.63) is 60.3 Å². The fourth-order valence-electron chi connectivity index (χ4n) is 3.60. The number of ether oxygens (including phenoxy) is 2. The Labute approximate surface area is 180 Å². The lowest BCUT2D eigenvalue weighted by Crippen LogP contribution is -2.50. The number of hydrogen-bond acceptors (Lipinski definition) is 5. The largest absolute Gasteiger partial charge is 0.497 e. The van der Waals surface area contributed by atoms with Crippen LogP contribution in [0.15, 0.2) is 54.7 Å². The average Bonchev–Trinajstić information content (AvgIpc) is 3.26. The minimum Gasteiger partial charge on any atom is -0.497 e. The van der Waals surface area contributed by atoms with Gasteiger partial charge in [-0.15, -0.1) is 0 Å². The molecule has 1 atom stereocenters. The Morgan fingerprint density at radius 2 is 1.97 bits per heavy atom. The van der Waals surface area contributed by atoms with Gasteiger partial charge in [-0.05, 0) is 43.2 Å². The molecule has 1 aliphatic heterocycles. The molecule has 1 aliphatic rings. The zero-order valence-electron chi connectivity index (χ0n) is 17.4. The van der Waals surface area contributed by atoms with Gasteiger partial charge in [-0.1, -0.05) is 18.2 Å². The second kappa shape index (κ2) is 8.91. The van der Waals surface area contributed by atoms with E-state index in [1.165, 1.54) is 0 Å². The number of rotatable bonds is 6. The van der Waals surface area contributed by atoms with Crippen LogP contribution in [0.25, 0.3) is 16.9 Å². The van der Waals surface area contributed by atoms with Gasteiger partial charge in [0, 0.05) is 18.3 Å². The number of nitrogens with zero attached hydrogens (tertiary/aromatic N) is 2. The normalized spacial score (nSPS) is 15.8. The summed E-state index contributed by atoms with van der Waals surface area (Å²) in [5, 5.41) is 10.3. The van der Waals surface area contributed by atoms with E-state index < -0.39 is 6.04 Å². The van der Waals surface area contributed by atoms with E-state index in [1.54, 1.807) is 43.3 Å². The standard InChI is InChI=1S/C23H24N4O4/c1-30-16-10-11-20(31-2)17(13-16)21-18(14-27(26-21)15-7-4-3-5-8-15)22(28)25-19-9-6-12-24-23(19)29/h3-5,7-8,10-11,13-14,19H,6,9,12H2,1-2H3,(H,24,29)(H,25,28). The maximum absolute atomic E-state index is 13.2. The lowest BCUT2D eigenvalue weighted by Gasteiger charge is -2.22. The molecule has 0 aliphatic carbocycles. The molecule has 160 valence electrons. The van der Waals surface area contributed by atoms with E-state index in [0.29, 0.717) is 41.3 Å². The van der Waals surface area contributed by atoms with Crippen LogP contribution in [0.2, 0.25) is 0 Å². The van der Waals surface area contributed by atoms with Crippen LogP contribution >= 0.6 is 0 Å². The predicted molar refractivity (Wildman–Crippen MR) is 116 cm³/mol. The average molecular weight is 420 g/mol. The lowest BCUT2D eigenvalue weighted by atomic mass is 10.0. The van der Waals surface area contributed by atoms with Crippen molar-refractivity contribution in [2.75, 3.05) is 20.8 Å². The topological polar surface area (TPSA) is 94.5 Å². The van der Waals surface area contributed by atoms with Crippen molar-refractivity contribution in [3.63, 3.8) is 0 Å². The molecule has 0 spiro atoms. The van der Waals surface area contributed by atoms with Gasteiger partial charge in [0.05, 0.1) is 25.5 Å². The quantitative estimate of drug-likeness (QED) is 0.639. The van der Waals surface area contributed by atoms with Gasteiger partial charge >= 0.3 is 0 Å². The number of aromatic nitrogens is 2. The highest BCUT2D eigenvalue weighted by atomic mass is 16.5. The van der Waals surface area contributed by atoms with E-state index in [-0.39, 0.29) is 11.8 Å². The molecule has 0 radical (unpaired) electrons. The van der Waals surface area contributed by atoms with E-state index >= 15 is 0 Å². The number of amides is 2. The molecule has 2 N–H and O–H groups in total. The summed E-state index contributed by atoms with van der Waals surface area (Å²) < 4.78 is 12.5. The van der Waals surface area contributed by atoms with Gasteiger partial charge in [-0.3, -0.25) is 9.59 Å². The molecule has 8 nitrogen and oxygen atoms in total. The zero-order valence-corrected chi connectivity index (χ0v) is 17.4. The molecule has 3 aromatic rings. The van der Waals surface area contributed by atoms with Gasteiger partial charge in [0.15, 0.2) is 0 Å². The van der Waals surface area contributed by atoms with E-state index in [2.05, 4.69) is 15.7 Å². The van der Waals surface area contributed by atoms with Crippen molar-refractivity contribution in [2.45, 2.75) is 18.9 Å². The number of carbonyl (C=O) groups excluding carboxylic acids is 2. The minimum atomic E-state index is -0.568. The van der Waals surface area contributed by atoms with E-state index in [9.17, 15) is 9.59 Å². The SMILES string of the molecule is COc1ccc(OC)c(-c2nn(-c3ccccc3)cc2C(=O)NC2CCCNC2=O)c1. The van der Waals surface area contributed by atoms with E-state index in [4.69, 9.17) is 9.47 Å². The summed E-state index contributed by atoms with van der Waals surface area (Å²) in [5.74, 6) is 0.631. The van der Waals surface area contributed by atoms with Gasteiger partial charge in [0.25, 0.3) is 5.91 Å². The molecule has 1 aromatic heterocycles. The number of methoxy groups -OCH3 is 2. The molecule has 2 aromatic carbocycles. The van der Waals surface area contributed by atoms with E-state index in [1.807, 2.05) is 30.3 Å². The highest BCUT2D eigenvalue weighted by Gasteiger charge is 2.27. The van der Waals surface area contributed by atoms with Crippen LogP contribution in [-0.2, 0) is 4.79 Å². The molecule has 8 heteroatoms. The molecule has 0 bridgehead atoms. The molecule has 0 saturated carbocycles. The molecular formula is C23H24N4O4. The molecule has 31 heavy (non-hydrogen) atoms. The summed E-state index contributed by atoms with van der Waals surface area (Å²) in [4.78, 5) is 25.4. The van der Waals surface area contributed by atoms with Gasteiger partial charge in [0.2, 0.25) is 5.91 Å². The molecular weight excluding hydrogens is 396 g/mol. The summed E-state index contributed by atoms with van der Waals surface area (Å²) >= 11 is 0. The summed E-state index contributed by atoms with van der Waals surface area (Å²) in [6.07, 6.45) is 3.08. The summed E-state index contributed by atoms with van der Waals surface area (Å²) in [6.45, 7) is 0.628. The minimum absolute atomic E-state index is 0.171. The third-order valence-corrected chi connectivity index (χ3v) is 5.23. The van der Waals surface area contributed by atoms with Crippen molar-refractivity contribution in [3.8, 4) is 28.4 Å². The van der Waals surface area contributed by atoms with Crippen molar-refractivity contribution in [2.24, 2.45) is 0 Å². The first-order chi connectivity index (χ1) is 15.1. The number of benzene rings is 2. The Hall–Kier alpha value is -3.81. The van der Waals surface area contributed by atoms with Crippen molar-refractivity contribution in [1.82, 2.24) is 20.4 Å². The molecule has 1 unspecified atom stereocenters. The highest BCUT2D eigenvalue weighted by Crippen LogP contribution is 2.35. The number of piperidine rings is 1. The smallest absolute Gasteiger partial charge is 0.255 e.